The van der Waals surface area contributed by atoms with E-state index in [0.29, 0.717) is 11.4 Å². The number of carbonyl (C=O) groups is 1. The second-order valence-electron chi connectivity index (χ2n) is 8.47. The molecule has 7 heteroatoms. The van der Waals surface area contributed by atoms with E-state index in [1.54, 1.807) is 30.5 Å². The summed E-state index contributed by atoms with van der Waals surface area (Å²) in [6.45, 7) is 7.84. The molecule has 0 spiro atoms. The zero-order chi connectivity index (χ0) is 23.2. The van der Waals surface area contributed by atoms with Crippen LogP contribution in [0.1, 0.15) is 19.4 Å². The predicted molar refractivity (Wildman–Crippen MR) is 128 cm³/mol. The largest absolute Gasteiger partial charge is 0.422 e. The predicted octanol–water partition coefficient (Wildman–Crippen LogP) is 4.85. The topological polar surface area (TPSA) is 57.7 Å². The summed E-state index contributed by atoms with van der Waals surface area (Å²) in [6.07, 6.45) is 1.73. The van der Waals surface area contributed by atoms with Gasteiger partial charge in [-0.15, -0.1) is 0 Å². The van der Waals surface area contributed by atoms with E-state index >= 15 is 0 Å². The van der Waals surface area contributed by atoms with E-state index in [4.69, 9.17) is 4.74 Å². The summed E-state index contributed by atoms with van der Waals surface area (Å²) in [5, 5.41) is 3.11. The lowest BCUT2D eigenvalue weighted by Gasteiger charge is -2.35. The van der Waals surface area contributed by atoms with Crippen LogP contribution in [-0.4, -0.2) is 42.0 Å². The Morgan fingerprint density at radius 2 is 1.76 bits per heavy atom. The van der Waals surface area contributed by atoms with Crippen LogP contribution in [0.3, 0.4) is 0 Å². The number of para-hydroxylation sites is 1. The molecular weight excluding hydrogens is 419 g/mol. The highest BCUT2D eigenvalue weighted by molar-refractivity contribution is 5.76. The molecule has 1 N–H and O–H groups in total. The third kappa shape index (κ3) is 5.87. The van der Waals surface area contributed by atoms with Gasteiger partial charge >= 0.3 is 5.97 Å². The molecule has 4 rings (SSSR count). The van der Waals surface area contributed by atoms with Gasteiger partial charge in [-0.25, -0.2) is 9.37 Å². The van der Waals surface area contributed by atoms with Crippen LogP contribution >= 0.6 is 0 Å². The van der Waals surface area contributed by atoms with Crippen molar-refractivity contribution >= 4 is 23.2 Å². The first-order valence-electron chi connectivity index (χ1n) is 11.2. The van der Waals surface area contributed by atoms with Gasteiger partial charge < -0.3 is 15.0 Å². The van der Waals surface area contributed by atoms with Crippen LogP contribution in [0.15, 0.2) is 66.9 Å². The quantitative estimate of drug-likeness (QED) is 0.522. The van der Waals surface area contributed by atoms with Crippen LogP contribution in [-0.2, 0) is 11.3 Å². The second kappa shape index (κ2) is 10.4. The fourth-order valence-electron chi connectivity index (χ4n) is 3.71. The molecule has 0 atom stereocenters. The van der Waals surface area contributed by atoms with Crippen molar-refractivity contribution in [2.45, 2.75) is 20.4 Å². The molecule has 0 radical (unpaired) electrons. The van der Waals surface area contributed by atoms with Gasteiger partial charge in [0.15, 0.2) is 11.6 Å². The molecule has 1 aliphatic rings. The van der Waals surface area contributed by atoms with Gasteiger partial charge in [0.1, 0.15) is 5.82 Å². The molecule has 1 saturated heterocycles. The van der Waals surface area contributed by atoms with E-state index < -0.39 is 0 Å². The van der Waals surface area contributed by atoms with Crippen LogP contribution in [0.4, 0.5) is 21.6 Å². The zero-order valence-corrected chi connectivity index (χ0v) is 19.0. The summed E-state index contributed by atoms with van der Waals surface area (Å²) in [6, 6.07) is 18.3. The highest BCUT2D eigenvalue weighted by Crippen LogP contribution is 2.27. The SMILES string of the molecule is CC(C)C(=O)Oc1cccnc1N1CCN(Cc2ccc(Nc3ccccc3F)cc2)CC1. The van der Waals surface area contributed by atoms with E-state index in [9.17, 15) is 9.18 Å². The first-order valence-corrected chi connectivity index (χ1v) is 11.2. The number of piperazine rings is 1. The minimum Gasteiger partial charge on any atom is -0.422 e. The van der Waals surface area contributed by atoms with Crippen LogP contribution in [0.25, 0.3) is 0 Å². The number of rotatable bonds is 7. The Morgan fingerprint density at radius 3 is 2.45 bits per heavy atom. The number of benzene rings is 2. The number of aromatic nitrogens is 1. The lowest BCUT2D eigenvalue weighted by Crippen LogP contribution is -2.46. The normalized spacial score (nSPS) is 14.4. The Kier molecular flexibility index (Phi) is 7.19. The van der Waals surface area contributed by atoms with Crippen molar-refractivity contribution in [3.05, 3.63) is 78.2 Å². The molecule has 33 heavy (non-hydrogen) atoms. The number of anilines is 3. The second-order valence-corrected chi connectivity index (χ2v) is 8.47. The van der Waals surface area contributed by atoms with Crippen LogP contribution < -0.4 is 15.0 Å². The van der Waals surface area contributed by atoms with E-state index in [-0.39, 0.29) is 17.7 Å². The Labute approximate surface area is 194 Å². The monoisotopic (exact) mass is 448 g/mol. The van der Waals surface area contributed by atoms with Crippen LogP contribution in [0, 0.1) is 11.7 Å². The molecular formula is C26H29FN4O2. The van der Waals surface area contributed by atoms with Crippen molar-refractivity contribution in [3.8, 4) is 5.75 Å². The van der Waals surface area contributed by atoms with E-state index in [1.165, 1.54) is 11.6 Å². The highest BCUT2D eigenvalue weighted by Gasteiger charge is 2.22. The molecule has 0 saturated carbocycles. The van der Waals surface area contributed by atoms with Crippen LogP contribution in [0.2, 0.25) is 0 Å². The molecule has 1 fully saturated rings. The maximum atomic E-state index is 13.8. The third-order valence-corrected chi connectivity index (χ3v) is 5.62. The van der Waals surface area contributed by atoms with Gasteiger partial charge in [-0.05, 0) is 42.0 Å². The maximum absolute atomic E-state index is 13.8. The fraction of sp³-hybridized carbons (Fsp3) is 0.308. The Hall–Kier alpha value is -3.45. The van der Waals surface area contributed by atoms with Crippen molar-refractivity contribution in [1.29, 1.82) is 0 Å². The summed E-state index contributed by atoms with van der Waals surface area (Å²) in [5.74, 6) is 0.519. The number of halogens is 1. The Bertz CT molecular complexity index is 1080. The number of ether oxygens (including phenoxy) is 1. The lowest BCUT2D eigenvalue weighted by molar-refractivity contribution is -0.137. The Morgan fingerprint density at radius 1 is 1.03 bits per heavy atom. The zero-order valence-electron chi connectivity index (χ0n) is 19.0. The standard InChI is InChI=1S/C26H29FN4O2/c1-19(2)26(32)33-24-8-5-13-28-25(24)31-16-14-30(15-17-31)18-20-9-11-21(12-10-20)29-23-7-4-3-6-22(23)27/h3-13,19,29H,14-18H2,1-2H3. The van der Waals surface area contributed by atoms with E-state index in [0.717, 1.165) is 44.2 Å². The van der Waals surface area contributed by atoms with Crippen molar-refractivity contribution in [2.24, 2.45) is 5.92 Å². The Balaban J connectivity index is 1.32. The fourth-order valence-corrected chi connectivity index (χ4v) is 3.71. The number of esters is 1. The van der Waals surface area contributed by atoms with E-state index in [1.807, 2.05) is 32.0 Å². The van der Waals surface area contributed by atoms with Gasteiger partial charge in [0.2, 0.25) is 0 Å². The molecule has 0 amide bonds. The smallest absolute Gasteiger partial charge is 0.313 e. The molecule has 1 aliphatic heterocycles. The van der Waals surface area contributed by atoms with Gasteiger partial charge in [-0.1, -0.05) is 38.1 Å². The molecule has 0 unspecified atom stereocenters. The first-order chi connectivity index (χ1) is 16.0. The molecule has 1 aromatic heterocycles. The van der Waals surface area contributed by atoms with Crippen molar-refractivity contribution < 1.29 is 13.9 Å². The minimum absolute atomic E-state index is 0.191. The molecule has 2 aromatic carbocycles. The third-order valence-electron chi connectivity index (χ3n) is 5.62. The number of hydrogen-bond donors (Lipinski definition) is 1. The number of nitrogens with one attached hydrogen (secondary N) is 1. The van der Waals surface area contributed by atoms with Gasteiger partial charge in [0, 0.05) is 44.6 Å². The number of nitrogens with zero attached hydrogens (tertiary/aromatic N) is 3. The average molecular weight is 449 g/mol. The molecule has 2 heterocycles. The van der Waals surface area contributed by atoms with Crippen molar-refractivity contribution in [3.63, 3.8) is 0 Å². The van der Waals surface area contributed by atoms with Crippen LogP contribution in [0.5, 0.6) is 5.75 Å². The number of carbonyl (C=O) groups excluding carboxylic acids is 1. The first kappa shape index (κ1) is 22.7. The summed E-state index contributed by atoms with van der Waals surface area (Å²) in [4.78, 5) is 21.1. The van der Waals surface area contributed by atoms with Gasteiger partial charge in [-0.2, -0.15) is 0 Å². The molecule has 172 valence electrons. The maximum Gasteiger partial charge on any atom is 0.313 e. The summed E-state index contributed by atoms with van der Waals surface area (Å²) < 4.78 is 19.4. The van der Waals surface area contributed by atoms with E-state index in [2.05, 4.69) is 32.2 Å². The van der Waals surface area contributed by atoms with Crippen molar-refractivity contribution in [2.75, 3.05) is 36.4 Å². The number of hydrogen-bond acceptors (Lipinski definition) is 6. The van der Waals surface area contributed by atoms with Gasteiger partial charge in [0.05, 0.1) is 11.6 Å². The summed E-state index contributed by atoms with van der Waals surface area (Å²) >= 11 is 0. The van der Waals surface area contributed by atoms with Gasteiger partial charge in [-0.3, -0.25) is 9.69 Å². The molecule has 6 nitrogen and oxygen atoms in total. The average Bonchev–Trinajstić information content (AvgIpc) is 2.83. The molecule has 0 aliphatic carbocycles. The van der Waals surface area contributed by atoms with Crippen molar-refractivity contribution in [1.82, 2.24) is 9.88 Å². The number of pyridine rings is 1. The minimum atomic E-state index is -0.269. The summed E-state index contributed by atoms with van der Waals surface area (Å²) in [5.41, 5.74) is 2.52. The highest BCUT2D eigenvalue weighted by atomic mass is 19.1. The summed E-state index contributed by atoms with van der Waals surface area (Å²) in [7, 11) is 0. The lowest BCUT2D eigenvalue weighted by atomic mass is 10.1. The molecule has 3 aromatic rings. The molecule has 0 bridgehead atoms. The van der Waals surface area contributed by atoms with Gasteiger partial charge in [0.25, 0.3) is 0 Å².